The van der Waals surface area contributed by atoms with Gasteiger partial charge in [0.25, 0.3) is 5.91 Å². The van der Waals surface area contributed by atoms with Crippen LogP contribution >= 0.6 is 0 Å². The van der Waals surface area contributed by atoms with Crippen LogP contribution in [0.15, 0.2) is 23.8 Å². The number of rotatable bonds is 4. The van der Waals surface area contributed by atoms with Gasteiger partial charge in [-0.15, -0.1) is 0 Å². The SMILES string of the molecule is CC1=Cc2cc(Nc3nn([C@H]4COCC[C@@H]4C#N)cc3C(N)=O)cc(C)c2OB1O. The molecule has 0 spiro atoms. The first-order valence-corrected chi connectivity index (χ1v) is 9.68. The number of nitriles is 1. The standard InChI is InChI=1S/C20H22BN5O4/c1-11-5-15(7-14-6-12(2)21(28)30-18(11)14)24-20-16(19(23)27)9-26(25-20)17-10-29-4-3-13(17)8-22/h5-7,9,13,17,28H,3-4,10H2,1-2H3,(H2,23,27)(H,24,25)/t13-,17+/m1/s1. The van der Waals surface area contributed by atoms with Gasteiger partial charge in [-0.2, -0.15) is 10.4 Å². The zero-order valence-electron chi connectivity index (χ0n) is 16.8. The first-order chi connectivity index (χ1) is 14.4. The number of nitrogens with one attached hydrogen (secondary N) is 1. The summed E-state index contributed by atoms with van der Waals surface area (Å²) >= 11 is 0. The minimum Gasteiger partial charge on any atom is -0.532 e. The molecule has 0 saturated carbocycles. The van der Waals surface area contributed by atoms with Crippen molar-refractivity contribution in [3.63, 3.8) is 0 Å². The Morgan fingerprint density at radius 3 is 3.00 bits per heavy atom. The van der Waals surface area contributed by atoms with E-state index in [0.717, 1.165) is 11.1 Å². The number of allylic oxidation sites excluding steroid dienone is 1. The molecule has 10 heteroatoms. The molecule has 1 fully saturated rings. The van der Waals surface area contributed by atoms with Gasteiger partial charge >= 0.3 is 7.12 Å². The first-order valence-electron chi connectivity index (χ1n) is 9.68. The lowest BCUT2D eigenvalue weighted by atomic mass is 9.76. The average Bonchev–Trinajstić information content (AvgIpc) is 3.13. The summed E-state index contributed by atoms with van der Waals surface area (Å²) in [5.41, 5.74) is 8.82. The van der Waals surface area contributed by atoms with Crippen LogP contribution in [0.4, 0.5) is 11.5 Å². The van der Waals surface area contributed by atoms with E-state index < -0.39 is 13.0 Å². The topological polar surface area (TPSA) is 135 Å². The van der Waals surface area contributed by atoms with Crippen LogP contribution in [0.2, 0.25) is 0 Å². The van der Waals surface area contributed by atoms with Crippen molar-refractivity contribution in [2.75, 3.05) is 18.5 Å². The number of ether oxygens (including phenoxy) is 1. The molecule has 2 aromatic rings. The molecule has 4 rings (SSSR count). The number of aryl methyl sites for hydroxylation is 1. The van der Waals surface area contributed by atoms with Crippen molar-refractivity contribution >= 4 is 30.6 Å². The van der Waals surface area contributed by atoms with Crippen molar-refractivity contribution in [2.24, 2.45) is 11.7 Å². The maximum atomic E-state index is 12.0. The summed E-state index contributed by atoms with van der Waals surface area (Å²) in [6, 6.07) is 5.69. The molecule has 0 bridgehead atoms. The van der Waals surface area contributed by atoms with Gasteiger partial charge in [0.05, 0.1) is 24.6 Å². The highest BCUT2D eigenvalue weighted by Gasteiger charge is 2.30. The number of hydrogen-bond donors (Lipinski definition) is 3. The third-order valence-electron chi connectivity index (χ3n) is 5.40. The number of anilines is 2. The van der Waals surface area contributed by atoms with Crippen LogP contribution in [-0.2, 0) is 4.74 Å². The lowest BCUT2D eigenvalue weighted by Crippen LogP contribution is -2.29. The second-order valence-electron chi connectivity index (χ2n) is 7.60. The molecule has 2 aliphatic heterocycles. The predicted molar refractivity (Wildman–Crippen MR) is 111 cm³/mol. The van der Waals surface area contributed by atoms with E-state index in [2.05, 4.69) is 16.5 Å². The van der Waals surface area contributed by atoms with Crippen LogP contribution in [-0.4, -0.2) is 41.0 Å². The minimum atomic E-state index is -0.960. The summed E-state index contributed by atoms with van der Waals surface area (Å²) in [5.74, 6) is 0.0397. The quantitative estimate of drug-likeness (QED) is 0.659. The highest BCUT2D eigenvalue weighted by Crippen LogP contribution is 2.35. The molecule has 0 radical (unpaired) electrons. The molecule has 1 saturated heterocycles. The number of benzene rings is 1. The monoisotopic (exact) mass is 407 g/mol. The van der Waals surface area contributed by atoms with Gasteiger partial charge in [0.2, 0.25) is 0 Å². The van der Waals surface area contributed by atoms with E-state index in [4.69, 9.17) is 15.1 Å². The van der Waals surface area contributed by atoms with E-state index >= 15 is 0 Å². The van der Waals surface area contributed by atoms with Crippen molar-refractivity contribution in [3.8, 4) is 11.8 Å². The van der Waals surface area contributed by atoms with Crippen LogP contribution in [0, 0.1) is 24.2 Å². The first kappa shape index (κ1) is 20.0. The zero-order chi connectivity index (χ0) is 21.4. The van der Waals surface area contributed by atoms with E-state index in [9.17, 15) is 15.1 Å². The Bertz CT molecular complexity index is 1070. The summed E-state index contributed by atoms with van der Waals surface area (Å²) in [7, 11) is -0.960. The Hall–Kier alpha value is -3.29. The molecule has 30 heavy (non-hydrogen) atoms. The Kier molecular flexibility index (Phi) is 5.24. The smallest absolute Gasteiger partial charge is 0.532 e. The van der Waals surface area contributed by atoms with Gasteiger partial charge in [-0.3, -0.25) is 9.48 Å². The van der Waals surface area contributed by atoms with E-state index in [0.29, 0.717) is 42.4 Å². The molecule has 9 nitrogen and oxygen atoms in total. The van der Waals surface area contributed by atoms with Crippen LogP contribution in [0.25, 0.3) is 6.08 Å². The summed E-state index contributed by atoms with van der Waals surface area (Å²) in [5, 5.41) is 27.0. The van der Waals surface area contributed by atoms with Crippen LogP contribution in [0.1, 0.15) is 40.9 Å². The number of carbonyl (C=O) groups is 1. The summed E-state index contributed by atoms with van der Waals surface area (Å²) in [4.78, 5) is 12.0. The van der Waals surface area contributed by atoms with Crippen LogP contribution in [0.3, 0.4) is 0 Å². The molecule has 1 aromatic carbocycles. The average molecular weight is 407 g/mol. The van der Waals surface area contributed by atoms with Gasteiger partial charge in [-0.1, -0.05) is 6.08 Å². The van der Waals surface area contributed by atoms with Crippen molar-refractivity contribution in [3.05, 3.63) is 40.5 Å². The maximum Gasteiger partial charge on any atom is 0.555 e. The van der Waals surface area contributed by atoms with Crippen molar-refractivity contribution < 1.29 is 19.2 Å². The van der Waals surface area contributed by atoms with Crippen molar-refractivity contribution in [2.45, 2.75) is 26.3 Å². The highest BCUT2D eigenvalue weighted by atomic mass is 16.5. The predicted octanol–water partition coefficient (Wildman–Crippen LogP) is 1.95. The Morgan fingerprint density at radius 1 is 1.47 bits per heavy atom. The number of fused-ring (bicyclic) bond motifs is 1. The van der Waals surface area contributed by atoms with E-state index in [1.807, 2.05) is 25.1 Å². The fraction of sp³-hybridized carbons (Fsp3) is 0.350. The zero-order valence-corrected chi connectivity index (χ0v) is 16.8. The number of nitrogens with zero attached hydrogens (tertiary/aromatic N) is 3. The number of hydrogen-bond acceptors (Lipinski definition) is 7. The molecule has 2 aliphatic rings. The van der Waals surface area contributed by atoms with E-state index in [1.165, 1.54) is 0 Å². The summed E-state index contributed by atoms with van der Waals surface area (Å²) in [6.45, 7) is 4.53. The second-order valence-corrected chi connectivity index (χ2v) is 7.60. The number of carbonyl (C=O) groups excluding carboxylic acids is 1. The fourth-order valence-electron chi connectivity index (χ4n) is 3.77. The Labute approximate surface area is 174 Å². The summed E-state index contributed by atoms with van der Waals surface area (Å²) < 4.78 is 12.7. The fourth-order valence-corrected chi connectivity index (χ4v) is 3.77. The van der Waals surface area contributed by atoms with Crippen molar-refractivity contribution in [1.29, 1.82) is 5.26 Å². The maximum absolute atomic E-state index is 12.0. The molecule has 1 amide bonds. The van der Waals surface area contributed by atoms with Gasteiger partial charge in [0, 0.05) is 24.1 Å². The normalized spacial score (nSPS) is 20.6. The third kappa shape index (κ3) is 3.65. The largest absolute Gasteiger partial charge is 0.555 e. The number of aromatic nitrogens is 2. The number of primary amides is 1. The van der Waals surface area contributed by atoms with E-state index in [1.54, 1.807) is 17.8 Å². The molecular formula is C20H22BN5O4. The Morgan fingerprint density at radius 2 is 2.27 bits per heavy atom. The molecule has 154 valence electrons. The Balaban J connectivity index is 1.68. The van der Waals surface area contributed by atoms with Crippen molar-refractivity contribution in [1.82, 2.24) is 9.78 Å². The lowest BCUT2D eigenvalue weighted by molar-refractivity contribution is 0.0342. The molecule has 4 N–H and O–H groups in total. The molecule has 0 aliphatic carbocycles. The molecule has 0 unspecified atom stereocenters. The van der Waals surface area contributed by atoms with Gasteiger partial charge in [0.1, 0.15) is 11.3 Å². The van der Waals surface area contributed by atoms with E-state index in [-0.39, 0.29) is 17.5 Å². The third-order valence-corrected chi connectivity index (χ3v) is 5.40. The van der Waals surface area contributed by atoms with Gasteiger partial charge < -0.3 is 25.5 Å². The number of nitrogens with two attached hydrogens (primary N) is 1. The second kappa shape index (κ2) is 7.86. The van der Waals surface area contributed by atoms with Crippen LogP contribution in [0.5, 0.6) is 5.75 Å². The number of amides is 1. The van der Waals surface area contributed by atoms with Crippen LogP contribution < -0.4 is 15.7 Å². The molecular weight excluding hydrogens is 385 g/mol. The van der Waals surface area contributed by atoms with Gasteiger partial charge in [-0.25, -0.2) is 0 Å². The molecule has 2 atom stereocenters. The lowest BCUT2D eigenvalue weighted by Gasteiger charge is -2.27. The minimum absolute atomic E-state index is 0.228. The molecule has 1 aromatic heterocycles. The summed E-state index contributed by atoms with van der Waals surface area (Å²) in [6.07, 6.45) is 4.02. The van der Waals surface area contributed by atoms with Gasteiger partial charge in [0.15, 0.2) is 5.82 Å². The highest BCUT2D eigenvalue weighted by molar-refractivity contribution is 6.54. The molecule has 3 heterocycles. The van der Waals surface area contributed by atoms with Gasteiger partial charge in [-0.05, 0) is 43.4 Å².